The highest BCUT2D eigenvalue weighted by atomic mass is 16.5. The number of ether oxygens (including phenoxy) is 1. The summed E-state index contributed by atoms with van der Waals surface area (Å²) in [6, 6.07) is 22.7. The second-order valence-corrected chi connectivity index (χ2v) is 7.76. The van der Waals surface area contributed by atoms with Crippen molar-refractivity contribution in [2.24, 2.45) is 0 Å². The summed E-state index contributed by atoms with van der Waals surface area (Å²) in [6.45, 7) is 2.43. The fourth-order valence-electron chi connectivity index (χ4n) is 3.49. The lowest BCUT2D eigenvalue weighted by Crippen LogP contribution is -2.53. The van der Waals surface area contributed by atoms with E-state index in [1.54, 1.807) is 54.6 Å². The smallest absolute Gasteiger partial charge is 0.326 e. The summed E-state index contributed by atoms with van der Waals surface area (Å²) in [5.74, 6) is -1.43. The molecular formula is C27H28N2O5. The third kappa shape index (κ3) is 7.20. The number of aliphatic carboxylic acids is 1. The molecule has 0 radical (unpaired) electrons. The van der Waals surface area contributed by atoms with Gasteiger partial charge in [0.2, 0.25) is 5.91 Å². The van der Waals surface area contributed by atoms with Gasteiger partial charge < -0.3 is 20.5 Å². The maximum absolute atomic E-state index is 13.2. The van der Waals surface area contributed by atoms with Crippen LogP contribution >= 0.6 is 0 Å². The lowest BCUT2D eigenvalue weighted by molar-refractivity contribution is -0.142. The van der Waals surface area contributed by atoms with E-state index >= 15 is 0 Å². The second kappa shape index (κ2) is 12.2. The van der Waals surface area contributed by atoms with Gasteiger partial charge in [-0.2, -0.15) is 0 Å². The Morgan fingerprint density at radius 1 is 0.765 bits per heavy atom. The Hall–Kier alpha value is -4.13. The predicted octanol–water partition coefficient (Wildman–Crippen LogP) is 3.24. The number of hydrogen-bond acceptors (Lipinski definition) is 4. The van der Waals surface area contributed by atoms with E-state index < -0.39 is 29.9 Å². The van der Waals surface area contributed by atoms with E-state index in [2.05, 4.69) is 10.6 Å². The van der Waals surface area contributed by atoms with E-state index in [1.807, 2.05) is 37.3 Å². The predicted molar refractivity (Wildman–Crippen MR) is 129 cm³/mol. The van der Waals surface area contributed by atoms with Crippen LogP contribution in [0.3, 0.4) is 0 Å². The third-order valence-corrected chi connectivity index (χ3v) is 5.23. The SMILES string of the molecule is CCOc1ccc(C[C@@H](NC(=O)c2ccccc2)C(=O)N[C@@H](Cc2ccccc2)C(=O)O)cc1. The van der Waals surface area contributed by atoms with Crippen molar-refractivity contribution in [2.75, 3.05) is 6.61 Å². The number of carbonyl (C=O) groups is 3. The molecule has 0 unspecified atom stereocenters. The van der Waals surface area contributed by atoms with Crippen molar-refractivity contribution in [1.82, 2.24) is 10.6 Å². The highest BCUT2D eigenvalue weighted by molar-refractivity contribution is 5.98. The molecule has 7 heteroatoms. The molecule has 0 saturated heterocycles. The lowest BCUT2D eigenvalue weighted by Gasteiger charge is -2.22. The summed E-state index contributed by atoms with van der Waals surface area (Å²) >= 11 is 0. The van der Waals surface area contributed by atoms with Gasteiger partial charge in [-0.1, -0.05) is 60.7 Å². The zero-order chi connectivity index (χ0) is 24.3. The molecule has 0 aliphatic heterocycles. The molecule has 0 aromatic heterocycles. The molecule has 0 bridgehead atoms. The molecule has 3 rings (SSSR count). The highest BCUT2D eigenvalue weighted by Crippen LogP contribution is 2.14. The maximum Gasteiger partial charge on any atom is 0.326 e. The average molecular weight is 461 g/mol. The molecule has 0 aliphatic carbocycles. The molecule has 3 N–H and O–H groups in total. The number of amides is 2. The normalized spacial score (nSPS) is 12.3. The number of carboxylic acids is 1. The molecular weight excluding hydrogens is 432 g/mol. The number of rotatable bonds is 11. The fourth-order valence-corrected chi connectivity index (χ4v) is 3.49. The first-order valence-corrected chi connectivity index (χ1v) is 11.1. The topological polar surface area (TPSA) is 105 Å². The van der Waals surface area contributed by atoms with Crippen molar-refractivity contribution < 1.29 is 24.2 Å². The molecule has 3 aromatic carbocycles. The monoisotopic (exact) mass is 460 g/mol. The van der Waals surface area contributed by atoms with Gasteiger partial charge in [0.05, 0.1) is 6.61 Å². The van der Waals surface area contributed by atoms with Crippen molar-refractivity contribution in [3.8, 4) is 5.75 Å². The molecule has 2 atom stereocenters. The van der Waals surface area contributed by atoms with Crippen LogP contribution in [0.25, 0.3) is 0 Å². The first-order chi connectivity index (χ1) is 16.5. The van der Waals surface area contributed by atoms with E-state index in [9.17, 15) is 19.5 Å². The van der Waals surface area contributed by atoms with Crippen LogP contribution in [0.15, 0.2) is 84.9 Å². The molecule has 2 amide bonds. The first-order valence-electron chi connectivity index (χ1n) is 11.1. The van der Waals surface area contributed by atoms with Crippen molar-refractivity contribution >= 4 is 17.8 Å². The van der Waals surface area contributed by atoms with Crippen molar-refractivity contribution in [3.05, 3.63) is 102 Å². The van der Waals surface area contributed by atoms with Crippen LogP contribution in [0, 0.1) is 0 Å². The minimum absolute atomic E-state index is 0.129. The highest BCUT2D eigenvalue weighted by Gasteiger charge is 2.27. The van der Waals surface area contributed by atoms with Gasteiger partial charge >= 0.3 is 5.97 Å². The van der Waals surface area contributed by atoms with Gasteiger partial charge in [0.15, 0.2) is 0 Å². The molecule has 0 aliphatic rings. The van der Waals surface area contributed by atoms with Crippen molar-refractivity contribution in [2.45, 2.75) is 31.8 Å². The summed E-state index contributed by atoms with van der Waals surface area (Å²) in [5, 5.41) is 15.0. The van der Waals surface area contributed by atoms with Gasteiger partial charge in [0, 0.05) is 18.4 Å². The van der Waals surface area contributed by atoms with Crippen LogP contribution in [0.1, 0.15) is 28.4 Å². The van der Waals surface area contributed by atoms with Crippen LogP contribution in [0.4, 0.5) is 0 Å². The van der Waals surface area contributed by atoms with E-state index in [0.29, 0.717) is 17.9 Å². The zero-order valence-electron chi connectivity index (χ0n) is 18.9. The zero-order valence-corrected chi connectivity index (χ0v) is 18.9. The van der Waals surface area contributed by atoms with Crippen molar-refractivity contribution in [3.63, 3.8) is 0 Å². The Balaban J connectivity index is 1.78. The standard InChI is InChI=1S/C27H28N2O5/c1-2-34-22-15-13-20(14-16-22)17-23(28-25(30)21-11-7-4-8-12-21)26(31)29-24(27(32)33)18-19-9-5-3-6-10-19/h3-16,23-24H,2,17-18H2,1H3,(H,28,30)(H,29,31)(H,32,33)/t23-,24+/m1/s1. The lowest BCUT2D eigenvalue weighted by atomic mass is 10.0. The minimum atomic E-state index is -1.15. The van der Waals surface area contributed by atoms with Gasteiger partial charge in [0.1, 0.15) is 17.8 Å². The summed E-state index contributed by atoms with van der Waals surface area (Å²) in [5.41, 5.74) is 1.99. The summed E-state index contributed by atoms with van der Waals surface area (Å²) in [7, 11) is 0. The molecule has 0 fully saturated rings. The Morgan fingerprint density at radius 3 is 1.91 bits per heavy atom. The van der Waals surface area contributed by atoms with Gasteiger partial charge in [-0.3, -0.25) is 9.59 Å². The number of benzene rings is 3. The molecule has 3 aromatic rings. The van der Waals surface area contributed by atoms with E-state index in [-0.39, 0.29) is 12.8 Å². The average Bonchev–Trinajstić information content (AvgIpc) is 2.85. The molecule has 0 spiro atoms. The Morgan fingerprint density at radius 2 is 1.32 bits per heavy atom. The van der Waals surface area contributed by atoms with E-state index in [4.69, 9.17) is 4.74 Å². The molecule has 176 valence electrons. The largest absolute Gasteiger partial charge is 0.494 e. The Bertz CT molecular complexity index is 1090. The summed E-state index contributed by atoms with van der Waals surface area (Å²) < 4.78 is 5.46. The van der Waals surface area contributed by atoms with Gasteiger partial charge in [-0.15, -0.1) is 0 Å². The number of carbonyl (C=O) groups excluding carboxylic acids is 2. The van der Waals surface area contributed by atoms with Gasteiger partial charge in [-0.05, 0) is 42.3 Å². The van der Waals surface area contributed by atoms with E-state index in [0.717, 1.165) is 11.1 Å². The summed E-state index contributed by atoms with van der Waals surface area (Å²) in [4.78, 5) is 37.8. The maximum atomic E-state index is 13.2. The number of hydrogen-bond donors (Lipinski definition) is 3. The molecule has 7 nitrogen and oxygen atoms in total. The van der Waals surface area contributed by atoms with Gasteiger partial charge in [-0.25, -0.2) is 4.79 Å². The van der Waals surface area contributed by atoms with Crippen LogP contribution in [-0.2, 0) is 22.4 Å². The Labute approximate surface area is 198 Å². The second-order valence-electron chi connectivity index (χ2n) is 7.76. The van der Waals surface area contributed by atoms with Crippen LogP contribution in [0.2, 0.25) is 0 Å². The third-order valence-electron chi connectivity index (χ3n) is 5.23. The first kappa shape index (κ1) is 24.5. The van der Waals surface area contributed by atoms with E-state index in [1.165, 1.54) is 0 Å². The molecule has 0 saturated carbocycles. The Kier molecular flexibility index (Phi) is 8.80. The number of carboxylic acid groups (broad SMARTS) is 1. The summed E-state index contributed by atoms with van der Waals surface area (Å²) in [6.07, 6.45) is 0.318. The van der Waals surface area contributed by atoms with Crippen LogP contribution in [0.5, 0.6) is 5.75 Å². The van der Waals surface area contributed by atoms with Crippen LogP contribution in [-0.4, -0.2) is 41.6 Å². The number of nitrogens with one attached hydrogen (secondary N) is 2. The minimum Gasteiger partial charge on any atom is -0.494 e. The van der Waals surface area contributed by atoms with Crippen molar-refractivity contribution in [1.29, 1.82) is 0 Å². The molecule has 34 heavy (non-hydrogen) atoms. The fraction of sp³-hybridized carbons (Fsp3) is 0.222. The molecule has 0 heterocycles. The quantitative estimate of drug-likeness (QED) is 0.408. The van der Waals surface area contributed by atoms with Gasteiger partial charge in [0.25, 0.3) is 5.91 Å². The van der Waals surface area contributed by atoms with Crippen LogP contribution < -0.4 is 15.4 Å².